The van der Waals surface area contributed by atoms with E-state index in [1.807, 2.05) is 27.7 Å². The predicted octanol–water partition coefficient (Wildman–Crippen LogP) is 4.25. The van der Waals surface area contributed by atoms with E-state index in [4.69, 9.17) is 16.6 Å². The smallest absolute Gasteiger partial charge is 0.351 e. The number of nitrogens with one attached hydrogen (secondary N) is 1. The lowest BCUT2D eigenvalue weighted by molar-refractivity contribution is -0.114. The number of nitrogens with zero attached hydrogens (tertiary/aromatic N) is 3. The molecule has 0 aliphatic carbocycles. The van der Waals surface area contributed by atoms with Crippen LogP contribution >= 0.6 is 8.53 Å². The fourth-order valence-electron chi connectivity index (χ4n) is 3.56. The van der Waals surface area contributed by atoms with Gasteiger partial charge in [0.25, 0.3) is 8.53 Å². The van der Waals surface area contributed by atoms with E-state index >= 15 is 4.39 Å². The molecule has 0 bridgehead atoms. The van der Waals surface area contributed by atoms with Crippen molar-refractivity contribution in [2.75, 3.05) is 19.0 Å². The lowest BCUT2D eigenvalue weighted by Gasteiger charge is -2.37. The lowest BCUT2D eigenvalue weighted by Crippen LogP contribution is -2.38. The van der Waals surface area contributed by atoms with Gasteiger partial charge in [-0.15, -0.1) is 0 Å². The molecule has 10 nitrogen and oxygen atoms in total. The van der Waals surface area contributed by atoms with Gasteiger partial charge < -0.3 is 24.2 Å². The molecule has 1 fully saturated rings. The molecule has 1 aromatic heterocycles. The Morgan fingerprint density at radius 1 is 1.44 bits per heavy atom. The third-order valence-electron chi connectivity index (χ3n) is 5.19. The summed E-state index contributed by atoms with van der Waals surface area (Å²) in [5.74, 6) is -0.310. The van der Waals surface area contributed by atoms with Gasteiger partial charge >= 0.3 is 5.69 Å². The minimum Gasteiger partial charge on any atom is -0.400 e. The van der Waals surface area contributed by atoms with Crippen LogP contribution in [0, 0.1) is 5.41 Å². The number of hydrogen-bond donors (Lipinski definition) is 2. The van der Waals surface area contributed by atoms with Crippen LogP contribution in [0.5, 0.6) is 0 Å². The van der Waals surface area contributed by atoms with E-state index in [2.05, 4.69) is 40.9 Å². The van der Waals surface area contributed by atoms with Crippen LogP contribution in [0.4, 0.5) is 10.2 Å². The monoisotopic (exact) mass is 537 g/mol. The molecule has 0 aromatic carbocycles. The minimum atomic E-state index is -1.73. The summed E-state index contributed by atoms with van der Waals surface area (Å²) in [6.45, 7) is 15.9. The Bertz CT molecular complexity index is 913. The molecule has 5 unspecified atom stereocenters. The van der Waals surface area contributed by atoms with Crippen LogP contribution in [-0.4, -0.2) is 70.8 Å². The summed E-state index contributed by atoms with van der Waals surface area (Å²) in [6.07, 6.45) is -2.91. The van der Waals surface area contributed by atoms with Gasteiger partial charge in [0, 0.05) is 33.7 Å². The predicted molar refractivity (Wildman–Crippen MR) is 139 cm³/mol. The molecular formula is C24H44FN4O6P. The van der Waals surface area contributed by atoms with Gasteiger partial charge in [0.2, 0.25) is 7.34 Å². The fraction of sp³-hybridized carbons (Fsp3) is 0.792. The summed E-state index contributed by atoms with van der Waals surface area (Å²) in [4.78, 5) is 27.5. The molecule has 0 radical (unpaired) electrons. The molecule has 208 valence electrons. The summed E-state index contributed by atoms with van der Waals surface area (Å²) in [6, 6.07) is 1.55. The average molecular weight is 538 g/mol. The third kappa shape index (κ3) is 9.43. The summed E-state index contributed by atoms with van der Waals surface area (Å²) in [5.41, 5.74) is -0.713. The number of aliphatic hydroxyl groups excluding tert-OH is 1. The highest BCUT2D eigenvalue weighted by Gasteiger charge is 2.48. The first-order chi connectivity index (χ1) is 17.7. The number of ether oxygens (including phenoxy) is 1. The number of anilines is 1. The van der Waals surface area contributed by atoms with Gasteiger partial charge in [0.15, 0.2) is 12.4 Å². The molecule has 0 spiro atoms. The van der Waals surface area contributed by atoms with Gasteiger partial charge in [-0.25, -0.2) is 13.9 Å². The Morgan fingerprint density at radius 2 is 2.06 bits per heavy atom. The number of aromatic nitrogens is 2. The van der Waals surface area contributed by atoms with Gasteiger partial charge in [-0.2, -0.15) is 4.98 Å². The van der Waals surface area contributed by atoms with Crippen LogP contribution in [0.3, 0.4) is 0 Å². The van der Waals surface area contributed by atoms with E-state index < -0.39 is 38.8 Å². The van der Waals surface area contributed by atoms with Crippen molar-refractivity contribution in [3.05, 3.63) is 22.7 Å². The van der Waals surface area contributed by atoms with Crippen LogP contribution in [0.25, 0.3) is 0 Å². The maximum absolute atomic E-state index is 15.7. The standard InChI is InChI=1S/C23H40FN4O5P.CH4O/c1-14(2)28(15(3)4)34(31-13-11-23(7,8)9)33-20-16(5)32-21(19(20)24)27-12-10-18(25-17(6)29)26-22(27)30;1-2/h10,12,14-16,19-21H,11,13H2,1-9H3,(H,25,26,29,30);2H,1H3/i5D;2T. The molecule has 5 atom stereocenters. The Morgan fingerprint density at radius 3 is 2.53 bits per heavy atom. The molecular weight excluding hydrogens is 490 g/mol. The lowest BCUT2D eigenvalue weighted by atomic mass is 9.93. The Kier molecular flexibility index (Phi) is 11.7. The molecule has 1 aliphatic rings. The quantitative estimate of drug-likeness (QED) is 0.426. The number of hydrogen-bond acceptors (Lipinski definition) is 8. The second kappa shape index (κ2) is 14.4. The number of halogens is 1. The number of rotatable bonds is 10. The first-order valence-corrected chi connectivity index (χ1v) is 13.1. The van der Waals surface area contributed by atoms with Crippen LogP contribution < -0.4 is 11.0 Å². The summed E-state index contributed by atoms with van der Waals surface area (Å²) in [7, 11) is -0.366. The highest BCUT2D eigenvalue weighted by atomic mass is 31.2. The normalized spacial score (nSPS) is 23.8. The van der Waals surface area contributed by atoms with Crippen LogP contribution in [0.1, 0.15) is 76.3 Å². The number of carbonyl (C=O) groups excluding carboxylic acids is 1. The largest absolute Gasteiger partial charge is 0.400 e. The van der Waals surface area contributed by atoms with Gasteiger partial charge in [-0.3, -0.25) is 9.36 Å². The molecule has 1 aromatic rings. The second-order valence-electron chi connectivity index (χ2n) is 10.2. The van der Waals surface area contributed by atoms with Gasteiger partial charge in [0.1, 0.15) is 11.9 Å². The minimum absolute atomic E-state index is 0.0625. The number of aliphatic hydroxyl groups is 1. The van der Waals surface area contributed by atoms with Crippen molar-refractivity contribution >= 4 is 20.3 Å². The zero-order valence-corrected chi connectivity index (χ0v) is 23.8. The number of alkyl halides is 1. The molecule has 2 heterocycles. The van der Waals surface area contributed by atoms with Crippen molar-refractivity contribution in [3.63, 3.8) is 0 Å². The SMILES string of the molecule is [2H]CC1OC(n2ccc(NC(C)=O)nc2=O)C(F)C1OP(OCCC(C)(C)C)N(C(C)C)C(C)C.[3H]OC. The Balaban J connectivity index is 0.00000229. The van der Waals surface area contributed by atoms with E-state index in [0.29, 0.717) is 6.61 Å². The highest BCUT2D eigenvalue weighted by molar-refractivity contribution is 7.44. The molecule has 1 aliphatic heterocycles. The summed E-state index contributed by atoms with van der Waals surface area (Å²) < 4.78 is 50.7. The molecule has 1 amide bonds. The maximum atomic E-state index is 15.7. The van der Waals surface area contributed by atoms with Crippen molar-refractivity contribution in [1.29, 1.82) is 1.43 Å². The first kappa shape index (κ1) is 29.1. The maximum Gasteiger partial charge on any atom is 0.351 e. The van der Waals surface area contributed by atoms with Crippen molar-refractivity contribution in [2.45, 2.75) is 105 Å². The van der Waals surface area contributed by atoms with Crippen molar-refractivity contribution in [3.8, 4) is 0 Å². The zero-order valence-electron chi connectivity index (χ0n) is 24.9. The van der Waals surface area contributed by atoms with E-state index in [-0.39, 0.29) is 36.1 Å². The topological polar surface area (TPSA) is 115 Å². The zero-order chi connectivity index (χ0) is 29.2. The molecule has 0 saturated carbocycles. The summed E-state index contributed by atoms with van der Waals surface area (Å²) in [5, 5.41) is 5.92. The van der Waals surface area contributed by atoms with E-state index in [9.17, 15) is 9.59 Å². The summed E-state index contributed by atoms with van der Waals surface area (Å²) >= 11 is 0. The Hall–Kier alpha value is -1.49. The number of carbonyl (C=O) groups is 1. The van der Waals surface area contributed by atoms with Gasteiger partial charge in [-0.05, 0) is 52.5 Å². The second-order valence-corrected chi connectivity index (χ2v) is 11.6. The molecule has 2 rings (SSSR count). The van der Waals surface area contributed by atoms with Crippen LogP contribution in [0.2, 0.25) is 0 Å². The Labute approximate surface area is 218 Å². The average Bonchev–Trinajstić information content (AvgIpc) is 3.07. The van der Waals surface area contributed by atoms with Crippen molar-refractivity contribution in [2.24, 2.45) is 5.41 Å². The van der Waals surface area contributed by atoms with Crippen molar-refractivity contribution in [1.82, 2.24) is 14.2 Å². The van der Waals surface area contributed by atoms with Gasteiger partial charge in [-0.1, -0.05) is 20.8 Å². The van der Waals surface area contributed by atoms with E-state index in [1.165, 1.54) is 26.3 Å². The first-order valence-electron chi connectivity index (χ1n) is 13.1. The van der Waals surface area contributed by atoms with Gasteiger partial charge in [0.05, 0.1) is 12.7 Å². The van der Waals surface area contributed by atoms with E-state index in [1.54, 1.807) is 0 Å². The molecule has 2 N–H and O–H groups in total. The van der Waals surface area contributed by atoms with Crippen LogP contribution in [-0.2, 0) is 18.6 Å². The van der Waals surface area contributed by atoms with Crippen LogP contribution in [0.15, 0.2) is 17.1 Å². The van der Waals surface area contributed by atoms with E-state index in [0.717, 1.165) is 11.0 Å². The van der Waals surface area contributed by atoms with Crippen molar-refractivity contribution < 1.29 is 29.4 Å². The fourth-order valence-corrected chi connectivity index (χ4v) is 5.32. The number of amides is 1. The molecule has 36 heavy (non-hydrogen) atoms. The highest BCUT2D eigenvalue weighted by Crippen LogP contribution is 2.50. The third-order valence-corrected chi connectivity index (χ3v) is 7.32. The molecule has 1 saturated heterocycles. The molecule has 12 heteroatoms.